The maximum atomic E-state index is 13.6. The molecule has 242 valence electrons. The highest BCUT2D eigenvalue weighted by Crippen LogP contribution is 2.18. The lowest BCUT2D eigenvalue weighted by Crippen LogP contribution is -2.57. The first-order valence-corrected chi connectivity index (χ1v) is 14.8. The first kappa shape index (κ1) is 35.3. The van der Waals surface area contributed by atoms with Crippen LogP contribution in [-0.2, 0) is 32.0 Å². The highest BCUT2D eigenvalue weighted by Gasteiger charge is 2.29. The molecule has 0 saturated heterocycles. The largest absolute Gasteiger partial charge is 0.370 e. The molecule has 0 bridgehead atoms. The summed E-state index contributed by atoms with van der Waals surface area (Å²) in [6.45, 7) is 1.55. The van der Waals surface area contributed by atoms with E-state index in [1.165, 1.54) is 6.92 Å². The molecule has 4 amide bonds. The molecule has 0 aliphatic heterocycles. The second kappa shape index (κ2) is 16.8. The number of benzene rings is 4. The average Bonchev–Trinajstić information content (AvgIpc) is 3.01. The quantitative estimate of drug-likeness (QED) is 0.0691. The molecule has 46 heavy (non-hydrogen) atoms. The van der Waals surface area contributed by atoms with E-state index >= 15 is 0 Å². The van der Waals surface area contributed by atoms with E-state index in [0.29, 0.717) is 6.42 Å². The molecule has 12 heteroatoms. The first-order valence-electron chi connectivity index (χ1n) is 14.8. The van der Waals surface area contributed by atoms with Gasteiger partial charge in [0.1, 0.15) is 18.1 Å². The molecule has 0 spiro atoms. The van der Waals surface area contributed by atoms with Gasteiger partial charge in [-0.05, 0) is 45.5 Å². The van der Waals surface area contributed by atoms with Gasteiger partial charge in [0, 0.05) is 26.3 Å². The first-order chi connectivity index (χ1) is 21.6. The number of hydrogen-bond donors (Lipinski definition) is 6. The van der Waals surface area contributed by atoms with Gasteiger partial charge in [0.05, 0.1) is 0 Å². The van der Waals surface area contributed by atoms with Crippen LogP contribution in [0.3, 0.4) is 0 Å². The standard InChI is InChI=1S/C34H39N7O4.ClH/c1-21(42)39-30(20-23-13-15-25-8-3-5-10-27(25)18-23)33(45)40-28(11-6-16-38-34(36)37)32(44)41-29(31(35)43)19-22-12-14-24-7-2-4-9-26(24)17-22;/h2-5,7-10,12-15,17-18,28-30H,6,11,16,19-20H2,1H3,(H2,35,43)(H,39,42)(H,40,45)(H,41,44)(H4,36,37,38);1H/t28-,29+,30+;/m0./s1. The van der Waals surface area contributed by atoms with Gasteiger partial charge in [0.15, 0.2) is 5.96 Å². The smallest absolute Gasteiger partial charge is 0.243 e. The molecule has 0 radical (unpaired) electrons. The predicted octanol–water partition coefficient (Wildman–Crippen LogP) is 2.21. The lowest BCUT2D eigenvalue weighted by molar-refractivity contribution is -0.133. The summed E-state index contributed by atoms with van der Waals surface area (Å²) in [6.07, 6.45) is 0.887. The number of nitrogens with one attached hydrogen (secondary N) is 3. The van der Waals surface area contributed by atoms with Crippen molar-refractivity contribution in [2.45, 2.75) is 50.7 Å². The zero-order valence-electron chi connectivity index (χ0n) is 25.6. The molecule has 9 N–H and O–H groups in total. The number of fused-ring (bicyclic) bond motifs is 2. The minimum Gasteiger partial charge on any atom is -0.370 e. The molecule has 4 rings (SSSR count). The Kier molecular flexibility index (Phi) is 12.9. The Labute approximate surface area is 273 Å². The Bertz CT molecular complexity index is 1720. The van der Waals surface area contributed by atoms with Gasteiger partial charge in [-0.25, -0.2) is 0 Å². The molecule has 0 fully saturated rings. The summed E-state index contributed by atoms with van der Waals surface area (Å²) in [7, 11) is 0. The van der Waals surface area contributed by atoms with Crippen LogP contribution in [0.2, 0.25) is 0 Å². The van der Waals surface area contributed by atoms with E-state index < -0.39 is 41.8 Å². The minimum atomic E-state index is -1.06. The maximum Gasteiger partial charge on any atom is 0.243 e. The molecule has 0 aromatic heterocycles. The minimum absolute atomic E-state index is 0. The van der Waals surface area contributed by atoms with Crippen LogP contribution in [-0.4, -0.2) is 54.3 Å². The van der Waals surface area contributed by atoms with Crippen molar-refractivity contribution in [3.8, 4) is 0 Å². The van der Waals surface area contributed by atoms with Crippen molar-refractivity contribution in [3.63, 3.8) is 0 Å². The van der Waals surface area contributed by atoms with Gasteiger partial charge in [0.25, 0.3) is 0 Å². The number of primary amides is 1. The fourth-order valence-electron chi connectivity index (χ4n) is 5.20. The summed E-state index contributed by atoms with van der Waals surface area (Å²) in [5, 5.41) is 12.3. The summed E-state index contributed by atoms with van der Waals surface area (Å²) in [6, 6.07) is 24.2. The van der Waals surface area contributed by atoms with Gasteiger partial charge >= 0.3 is 0 Å². The second-order valence-corrected chi connectivity index (χ2v) is 11.0. The van der Waals surface area contributed by atoms with Crippen molar-refractivity contribution in [1.82, 2.24) is 16.0 Å². The predicted molar refractivity (Wildman–Crippen MR) is 183 cm³/mol. The Morgan fingerprint density at radius 2 is 1.13 bits per heavy atom. The van der Waals surface area contributed by atoms with Crippen LogP contribution in [0.1, 0.15) is 30.9 Å². The maximum absolute atomic E-state index is 13.6. The number of halogens is 1. The van der Waals surface area contributed by atoms with Gasteiger partial charge in [-0.2, -0.15) is 0 Å². The highest BCUT2D eigenvalue weighted by atomic mass is 35.5. The SMILES string of the molecule is CC(=O)N[C@H](Cc1ccc2ccccc2c1)C(=O)N[C@@H](CCCN=C(N)N)C(=O)N[C@H](Cc1ccc2ccccc2c1)C(N)=O.Cl. The van der Waals surface area contributed by atoms with Crippen molar-refractivity contribution in [3.05, 3.63) is 96.1 Å². The molecular weight excluding hydrogens is 606 g/mol. The summed E-state index contributed by atoms with van der Waals surface area (Å²) in [4.78, 5) is 55.6. The molecule has 4 aromatic carbocycles. The molecule has 0 saturated carbocycles. The third-order valence-corrected chi connectivity index (χ3v) is 7.44. The summed E-state index contributed by atoms with van der Waals surface area (Å²) in [5.74, 6) is -2.34. The van der Waals surface area contributed by atoms with Gasteiger partial charge in [-0.3, -0.25) is 24.2 Å². The third-order valence-electron chi connectivity index (χ3n) is 7.44. The molecule has 0 unspecified atom stereocenters. The molecule has 11 nitrogen and oxygen atoms in total. The van der Waals surface area contributed by atoms with Crippen LogP contribution in [0, 0.1) is 0 Å². The van der Waals surface area contributed by atoms with Gasteiger partial charge in [-0.15, -0.1) is 12.4 Å². The number of carbonyl (C=O) groups excluding carboxylic acids is 4. The Balaban J connectivity index is 0.00000576. The number of amides is 4. The van der Waals surface area contributed by atoms with E-state index in [2.05, 4.69) is 20.9 Å². The number of hydrogen-bond acceptors (Lipinski definition) is 5. The number of guanidine groups is 1. The lowest BCUT2D eigenvalue weighted by atomic mass is 10.00. The van der Waals surface area contributed by atoms with E-state index in [0.717, 1.165) is 32.7 Å². The molecular formula is C34H40ClN7O4. The van der Waals surface area contributed by atoms with Crippen molar-refractivity contribution in [2.24, 2.45) is 22.2 Å². The van der Waals surface area contributed by atoms with Crippen LogP contribution < -0.4 is 33.2 Å². The zero-order valence-corrected chi connectivity index (χ0v) is 26.4. The molecule has 0 heterocycles. The van der Waals surface area contributed by atoms with Crippen molar-refractivity contribution >= 4 is 63.5 Å². The van der Waals surface area contributed by atoms with E-state index in [-0.39, 0.29) is 44.2 Å². The van der Waals surface area contributed by atoms with E-state index in [1.807, 2.05) is 84.9 Å². The summed E-state index contributed by atoms with van der Waals surface area (Å²) < 4.78 is 0. The topological polar surface area (TPSA) is 195 Å². The normalized spacial score (nSPS) is 12.6. The summed E-state index contributed by atoms with van der Waals surface area (Å²) in [5.41, 5.74) is 18.2. The molecule has 4 aromatic rings. The Morgan fingerprint density at radius 1 is 0.652 bits per heavy atom. The molecule has 0 aliphatic rings. The fourth-order valence-corrected chi connectivity index (χ4v) is 5.20. The van der Waals surface area contributed by atoms with E-state index in [1.54, 1.807) is 0 Å². The second-order valence-electron chi connectivity index (χ2n) is 11.0. The Hall–Kier alpha value is -5.16. The molecule has 0 aliphatic carbocycles. The van der Waals surface area contributed by atoms with Gasteiger partial charge in [-0.1, -0.05) is 84.9 Å². The fraction of sp³-hybridized carbons (Fsp3) is 0.265. The number of nitrogens with two attached hydrogens (primary N) is 3. The van der Waals surface area contributed by atoms with E-state index in [4.69, 9.17) is 17.2 Å². The van der Waals surface area contributed by atoms with Crippen LogP contribution in [0.4, 0.5) is 0 Å². The number of carbonyl (C=O) groups is 4. The van der Waals surface area contributed by atoms with Crippen molar-refractivity contribution in [1.29, 1.82) is 0 Å². The number of rotatable bonds is 14. The van der Waals surface area contributed by atoms with Gasteiger partial charge < -0.3 is 33.2 Å². The van der Waals surface area contributed by atoms with Crippen LogP contribution in [0.5, 0.6) is 0 Å². The van der Waals surface area contributed by atoms with Crippen molar-refractivity contribution in [2.75, 3.05) is 6.54 Å². The Morgan fingerprint density at radius 3 is 1.63 bits per heavy atom. The monoisotopic (exact) mass is 645 g/mol. The van der Waals surface area contributed by atoms with Crippen LogP contribution in [0.15, 0.2) is 89.9 Å². The highest BCUT2D eigenvalue weighted by molar-refractivity contribution is 5.94. The van der Waals surface area contributed by atoms with Crippen LogP contribution >= 0.6 is 12.4 Å². The van der Waals surface area contributed by atoms with Crippen LogP contribution in [0.25, 0.3) is 21.5 Å². The number of aliphatic imine (C=N–C) groups is 1. The summed E-state index contributed by atoms with van der Waals surface area (Å²) >= 11 is 0. The van der Waals surface area contributed by atoms with E-state index in [9.17, 15) is 19.2 Å². The lowest BCUT2D eigenvalue weighted by Gasteiger charge is -2.25. The van der Waals surface area contributed by atoms with Gasteiger partial charge in [0.2, 0.25) is 23.6 Å². The molecule has 3 atom stereocenters. The zero-order chi connectivity index (χ0) is 32.3. The van der Waals surface area contributed by atoms with Crippen molar-refractivity contribution < 1.29 is 19.2 Å². The third kappa shape index (κ3) is 10.2. The average molecular weight is 646 g/mol. The number of nitrogens with zero attached hydrogens (tertiary/aromatic N) is 1.